The predicted molar refractivity (Wildman–Crippen MR) is 136 cm³/mol. The van der Waals surface area contributed by atoms with Gasteiger partial charge < -0.3 is 24.7 Å². The van der Waals surface area contributed by atoms with E-state index in [0.717, 1.165) is 29.7 Å². The SMILES string of the molecule is Fc1cc(-n2ccc3cnc(Nc4ccc(C5CNCCO5)cc4)nc32)cc(F)c1CN1CCOCC1. The normalized spacial score (nSPS) is 18.8. The molecule has 4 heterocycles. The van der Waals surface area contributed by atoms with Crippen LogP contribution in [0.15, 0.2) is 54.9 Å². The van der Waals surface area contributed by atoms with E-state index >= 15 is 8.78 Å². The lowest BCUT2D eigenvalue weighted by atomic mass is 10.1. The molecule has 0 amide bonds. The maximum Gasteiger partial charge on any atom is 0.229 e. The van der Waals surface area contributed by atoms with Crippen LogP contribution in [0, 0.1) is 11.6 Å². The molecular formula is C27H28F2N6O2. The van der Waals surface area contributed by atoms with Gasteiger partial charge in [0.1, 0.15) is 17.3 Å². The van der Waals surface area contributed by atoms with Crippen molar-refractivity contribution in [2.24, 2.45) is 0 Å². The Balaban J connectivity index is 1.23. The molecule has 8 nitrogen and oxygen atoms in total. The van der Waals surface area contributed by atoms with Gasteiger partial charge in [0.25, 0.3) is 0 Å². The largest absolute Gasteiger partial charge is 0.379 e. The molecule has 2 saturated heterocycles. The van der Waals surface area contributed by atoms with Gasteiger partial charge in [0.15, 0.2) is 0 Å². The monoisotopic (exact) mass is 506 g/mol. The first-order valence-corrected chi connectivity index (χ1v) is 12.5. The van der Waals surface area contributed by atoms with Crippen molar-refractivity contribution in [2.45, 2.75) is 12.6 Å². The number of rotatable bonds is 6. The molecule has 37 heavy (non-hydrogen) atoms. The Morgan fingerprint density at radius 3 is 2.54 bits per heavy atom. The van der Waals surface area contributed by atoms with Crippen molar-refractivity contribution in [1.29, 1.82) is 0 Å². The quantitative estimate of drug-likeness (QED) is 0.410. The topological polar surface area (TPSA) is 76.5 Å². The van der Waals surface area contributed by atoms with Crippen LogP contribution in [0.25, 0.3) is 16.7 Å². The van der Waals surface area contributed by atoms with Gasteiger partial charge in [-0.15, -0.1) is 0 Å². The average molecular weight is 507 g/mol. The highest BCUT2D eigenvalue weighted by Gasteiger charge is 2.19. The lowest BCUT2D eigenvalue weighted by molar-refractivity contribution is 0.0277. The number of benzene rings is 2. The summed E-state index contributed by atoms with van der Waals surface area (Å²) < 4.78 is 42.9. The van der Waals surface area contributed by atoms with Crippen LogP contribution in [0.5, 0.6) is 0 Å². The van der Waals surface area contributed by atoms with E-state index in [2.05, 4.69) is 20.6 Å². The maximum atomic E-state index is 15.0. The highest BCUT2D eigenvalue weighted by molar-refractivity contribution is 5.78. The Bertz CT molecular complexity index is 1360. The molecule has 2 aromatic heterocycles. The summed E-state index contributed by atoms with van der Waals surface area (Å²) >= 11 is 0. The molecule has 4 aromatic rings. The Labute approximate surface area is 213 Å². The fourth-order valence-electron chi connectivity index (χ4n) is 4.74. The molecule has 0 aliphatic carbocycles. The van der Waals surface area contributed by atoms with Crippen molar-refractivity contribution in [3.05, 3.63) is 77.6 Å². The number of anilines is 2. The van der Waals surface area contributed by atoms with E-state index in [1.165, 1.54) is 12.1 Å². The number of hydrogen-bond donors (Lipinski definition) is 2. The average Bonchev–Trinajstić information content (AvgIpc) is 3.35. The van der Waals surface area contributed by atoms with Gasteiger partial charge in [-0.2, -0.15) is 4.98 Å². The number of hydrogen-bond acceptors (Lipinski definition) is 7. The first-order chi connectivity index (χ1) is 18.1. The Hall–Kier alpha value is -3.44. The van der Waals surface area contributed by atoms with E-state index in [0.29, 0.717) is 50.2 Å². The van der Waals surface area contributed by atoms with Crippen LogP contribution in [0.4, 0.5) is 20.4 Å². The molecule has 0 spiro atoms. The summed E-state index contributed by atoms with van der Waals surface area (Å²) in [7, 11) is 0. The van der Waals surface area contributed by atoms with E-state index in [-0.39, 0.29) is 18.2 Å². The number of nitrogens with zero attached hydrogens (tertiary/aromatic N) is 4. The van der Waals surface area contributed by atoms with Crippen molar-refractivity contribution in [2.75, 3.05) is 51.3 Å². The second kappa shape index (κ2) is 10.5. The standard InChI is InChI=1S/C27H28F2N6O2/c28-23-13-21(14-24(29)22(23)17-34-8-11-36-12-9-34)35-7-5-19-15-31-27(33-26(19)35)32-20-3-1-18(2-4-20)25-16-30-6-10-37-25/h1-5,7,13-15,25,30H,6,8-12,16-17H2,(H,31,32,33). The molecule has 2 aliphatic rings. The predicted octanol–water partition coefficient (Wildman–Crippen LogP) is 3.94. The van der Waals surface area contributed by atoms with Crippen molar-refractivity contribution in [1.82, 2.24) is 24.8 Å². The summed E-state index contributed by atoms with van der Waals surface area (Å²) in [6, 6.07) is 12.5. The van der Waals surface area contributed by atoms with Crippen molar-refractivity contribution in [3.8, 4) is 5.69 Å². The number of ether oxygens (including phenoxy) is 2. The minimum Gasteiger partial charge on any atom is -0.379 e. The number of halogens is 2. The van der Waals surface area contributed by atoms with E-state index in [9.17, 15) is 0 Å². The zero-order valence-corrected chi connectivity index (χ0v) is 20.3. The van der Waals surface area contributed by atoms with Crippen LogP contribution in [0.2, 0.25) is 0 Å². The molecule has 2 fully saturated rings. The van der Waals surface area contributed by atoms with Gasteiger partial charge in [0, 0.05) is 61.8 Å². The molecule has 6 rings (SSSR count). The van der Waals surface area contributed by atoms with Gasteiger partial charge in [-0.1, -0.05) is 12.1 Å². The van der Waals surface area contributed by atoms with E-state index in [1.807, 2.05) is 35.2 Å². The second-order valence-corrected chi connectivity index (χ2v) is 9.25. The van der Waals surface area contributed by atoms with Crippen LogP contribution in [-0.4, -0.2) is 65.4 Å². The zero-order valence-electron chi connectivity index (χ0n) is 20.3. The number of fused-ring (bicyclic) bond motifs is 1. The van der Waals surface area contributed by atoms with Crippen LogP contribution < -0.4 is 10.6 Å². The van der Waals surface area contributed by atoms with E-state index < -0.39 is 11.6 Å². The van der Waals surface area contributed by atoms with Crippen LogP contribution in [0.3, 0.4) is 0 Å². The summed E-state index contributed by atoms with van der Waals surface area (Å²) in [6.07, 6.45) is 3.47. The van der Waals surface area contributed by atoms with Gasteiger partial charge in [0.2, 0.25) is 5.95 Å². The fourth-order valence-corrected chi connectivity index (χ4v) is 4.74. The molecule has 0 radical (unpaired) electrons. The number of nitrogens with one attached hydrogen (secondary N) is 2. The second-order valence-electron chi connectivity index (χ2n) is 9.25. The zero-order chi connectivity index (χ0) is 25.2. The molecule has 0 bridgehead atoms. The molecule has 0 saturated carbocycles. The first-order valence-electron chi connectivity index (χ1n) is 12.5. The number of aromatic nitrogens is 3. The summed E-state index contributed by atoms with van der Waals surface area (Å²) in [5.74, 6) is -0.762. The summed E-state index contributed by atoms with van der Waals surface area (Å²) in [6.45, 7) is 5.03. The maximum absolute atomic E-state index is 15.0. The van der Waals surface area contributed by atoms with Gasteiger partial charge in [-0.05, 0) is 35.9 Å². The van der Waals surface area contributed by atoms with Gasteiger partial charge in [-0.25, -0.2) is 13.8 Å². The smallest absolute Gasteiger partial charge is 0.229 e. The molecule has 2 N–H and O–H groups in total. The lowest BCUT2D eigenvalue weighted by Crippen LogP contribution is -2.36. The first kappa shape index (κ1) is 23.9. The lowest BCUT2D eigenvalue weighted by Gasteiger charge is -2.27. The van der Waals surface area contributed by atoms with Crippen LogP contribution in [-0.2, 0) is 16.0 Å². The number of morpholine rings is 2. The summed E-state index contributed by atoms with van der Waals surface area (Å²) in [5.41, 5.74) is 2.91. The molecular weight excluding hydrogens is 478 g/mol. The highest BCUT2D eigenvalue weighted by Crippen LogP contribution is 2.26. The van der Waals surface area contributed by atoms with Gasteiger partial charge >= 0.3 is 0 Å². The fraction of sp³-hybridized carbons (Fsp3) is 0.333. The minimum absolute atomic E-state index is 0.0414. The van der Waals surface area contributed by atoms with Crippen LogP contribution in [0.1, 0.15) is 17.2 Å². The Morgan fingerprint density at radius 2 is 1.81 bits per heavy atom. The van der Waals surface area contributed by atoms with E-state index in [4.69, 9.17) is 9.47 Å². The van der Waals surface area contributed by atoms with Gasteiger partial charge in [0.05, 0.1) is 31.6 Å². The summed E-state index contributed by atoms with van der Waals surface area (Å²) in [4.78, 5) is 11.0. The Morgan fingerprint density at radius 1 is 1.03 bits per heavy atom. The molecule has 192 valence electrons. The Kier molecular flexibility index (Phi) is 6.79. The summed E-state index contributed by atoms with van der Waals surface area (Å²) in [5, 5.41) is 7.31. The van der Waals surface area contributed by atoms with Gasteiger partial charge in [-0.3, -0.25) is 4.90 Å². The third kappa shape index (κ3) is 5.19. The van der Waals surface area contributed by atoms with Crippen LogP contribution >= 0.6 is 0 Å². The van der Waals surface area contributed by atoms with E-state index in [1.54, 1.807) is 17.0 Å². The molecule has 1 atom stereocenters. The minimum atomic E-state index is -0.576. The van der Waals surface area contributed by atoms with Crippen molar-refractivity contribution < 1.29 is 18.3 Å². The highest BCUT2D eigenvalue weighted by atomic mass is 19.1. The molecule has 2 aromatic carbocycles. The molecule has 1 unspecified atom stereocenters. The molecule has 10 heteroatoms. The van der Waals surface area contributed by atoms with Crippen molar-refractivity contribution in [3.63, 3.8) is 0 Å². The molecule has 2 aliphatic heterocycles. The third-order valence-corrected chi connectivity index (χ3v) is 6.78. The van der Waals surface area contributed by atoms with Crippen molar-refractivity contribution >= 4 is 22.7 Å². The third-order valence-electron chi connectivity index (χ3n) is 6.78.